The highest BCUT2D eigenvalue weighted by Gasteiger charge is 2.15. The molecule has 0 aliphatic heterocycles. The Kier molecular flexibility index (Phi) is 6.67. The number of carbonyl (C=O) groups is 1. The van der Waals surface area contributed by atoms with Crippen molar-refractivity contribution in [2.24, 2.45) is 0 Å². The molecule has 0 spiro atoms. The van der Waals surface area contributed by atoms with Crippen LogP contribution < -0.4 is 5.32 Å². The van der Waals surface area contributed by atoms with E-state index >= 15 is 0 Å². The van der Waals surface area contributed by atoms with Crippen LogP contribution in [-0.4, -0.2) is 30.3 Å². The second-order valence-electron chi connectivity index (χ2n) is 9.33. The molecule has 0 unspecified atom stereocenters. The molecule has 0 saturated heterocycles. The Hall–Kier alpha value is -4.17. The van der Waals surface area contributed by atoms with E-state index in [0.29, 0.717) is 11.4 Å². The molecule has 0 radical (unpaired) electrons. The van der Waals surface area contributed by atoms with Crippen molar-refractivity contribution in [3.63, 3.8) is 0 Å². The smallest absolute Gasteiger partial charge is 0.256 e. The van der Waals surface area contributed by atoms with Crippen molar-refractivity contribution >= 4 is 34.7 Å². The standard InChI is InChI=1S/C29H28N6OS/c1-18(2)25-16-27(35(33-25)22-11-9-20(5)10-12-22)30-29(36)21-7-6-8-23(15-21)37-24-13-14-26-31-32-28(19(3)4)34(26)17-24/h6-17,19H,1H2,2-5H3,(H,30,36). The van der Waals surface area contributed by atoms with Crippen molar-refractivity contribution in [2.75, 3.05) is 5.32 Å². The van der Waals surface area contributed by atoms with E-state index in [9.17, 15) is 4.79 Å². The molecular formula is C29H28N6OS. The molecule has 8 heteroatoms. The van der Waals surface area contributed by atoms with Crippen LogP contribution in [0.3, 0.4) is 0 Å². The molecule has 37 heavy (non-hydrogen) atoms. The van der Waals surface area contributed by atoms with E-state index in [0.717, 1.165) is 43.8 Å². The van der Waals surface area contributed by atoms with Crippen molar-refractivity contribution in [3.05, 3.63) is 102 Å². The van der Waals surface area contributed by atoms with Crippen LogP contribution in [0.2, 0.25) is 0 Å². The summed E-state index contributed by atoms with van der Waals surface area (Å²) in [5.41, 5.74) is 4.95. The third kappa shape index (κ3) is 5.20. The van der Waals surface area contributed by atoms with Gasteiger partial charge in [0.25, 0.3) is 5.91 Å². The molecule has 3 aromatic heterocycles. The lowest BCUT2D eigenvalue weighted by molar-refractivity contribution is 0.102. The Labute approximate surface area is 220 Å². The summed E-state index contributed by atoms with van der Waals surface area (Å²) in [6.45, 7) is 12.1. The maximum atomic E-state index is 13.3. The first-order valence-corrected chi connectivity index (χ1v) is 12.9. The predicted molar refractivity (Wildman–Crippen MR) is 149 cm³/mol. The van der Waals surface area contributed by atoms with E-state index in [4.69, 9.17) is 0 Å². The van der Waals surface area contributed by atoms with Gasteiger partial charge >= 0.3 is 0 Å². The van der Waals surface area contributed by atoms with Gasteiger partial charge in [0.15, 0.2) is 5.65 Å². The molecule has 0 aliphatic rings. The fourth-order valence-electron chi connectivity index (χ4n) is 3.93. The lowest BCUT2D eigenvalue weighted by Gasteiger charge is -2.10. The van der Waals surface area contributed by atoms with E-state index in [2.05, 4.69) is 41.0 Å². The maximum absolute atomic E-state index is 13.3. The number of hydrogen-bond acceptors (Lipinski definition) is 5. The van der Waals surface area contributed by atoms with Gasteiger partial charge in [-0.2, -0.15) is 5.10 Å². The summed E-state index contributed by atoms with van der Waals surface area (Å²) in [6.07, 6.45) is 2.04. The molecule has 5 aromatic rings. The first kappa shape index (κ1) is 24.5. The van der Waals surface area contributed by atoms with E-state index in [1.54, 1.807) is 16.4 Å². The fourth-order valence-corrected chi connectivity index (χ4v) is 4.83. The third-order valence-electron chi connectivity index (χ3n) is 5.92. The molecule has 1 N–H and O–H groups in total. The highest BCUT2D eigenvalue weighted by Crippen LogP contribution is 2.30. The number of amides is 1. The normalized spacial score (nSPS) is 11.3. The summed E-state index contributed by atoms with van der Waals surface area (Å²) >= 11 is 1.59. The van der Waals surface area contributed by atoms with Crippen molar-refractivity contribution in [1.82, 2.24) is 24.4 Å². The van der Waals surface area contributed by atoms with Gasteiger partial charge in [0.1, 0.15) is 11.6 Å². The molecular weight excluding hydrogens is 480 g/mol. The van der Waals surface area contributed by atoms with E-state index in [-0.39, 0.29) is 11.8 Å². The van der Waals surface area contributed by atoms with Crippen molar-refractivity contribution in [3.8, 4) is 5.69 Å². The van der Waals surface area contributed by atoms with Crippen LogP contribution in [0.25, 0.3) is 16.9 Å². The summed E-state index contributed by atoms with van der Waals surface area (Å²) in [5, 5.41) is 16.2. The zero-order valence-corrected chi connectivity index (χ0v) is 22.1. The number of carbonyl (C=O) groups excluding carboxylic acids is 1. The number of fused-ring (bicyclic) bond motifs is 1. The number of nitrogens with one attached hydrogen (secondary N) is 1. The van der Waals surface area contributed by atoms with Gasteiger partial charge in [-0.25, -0.2) is 4.68 Å². The summed E-state index contributed by atoms with van der Waals surface area (Å²) < 4.78 is 3.76. The zero-order valence-electron chi connectivity index (χ0n) is 21.3. The number of allylic oxidation sites excluding steroid dienone is 1. The largest absolute Gasteiger partial charge is 0.306 e. The molecule has 186 valence electrons. The number of anilines is 1. The van der Waals surface area contributed by atoms with Crippen LogP contribution in [-0.2, 0) is 0 Å². The van der Waals surface area contributed by atoms with Crippen molar-refractivity contribution in [1.29, 1.82) is 0 Å². The minimum absolute atomic E-state index is 0.208. The van der Waals surface area contributed by atoms with Gasteiger partial charge in [-0.05, 0) is 61.9 Å². The van der Waals surface area contributed by atoms with E-state index in [1.165, 1.54) is 0 Å². The number of pyridine rings is 1. The van der Waals surface area contributed by atoms with Crippen LogP contribution in [0.4, 0.5) is 5.82 Å². The number of nitrogens with zero attached hydrogens (tertiary/aromatic N) is 5. The van der Waals surface area contributed by atoms with Gasteiger partial charge < -0.3 is 5.32 Å². The minimum atomic E-state index is -0.208. The fraction of sp³-hybridized carbons (Fsp3) is 0.172. The topological polar surface area (TPSA) is 77.1 Å². The highest BCUT2D eigenvalue weighted by molar-refractivity contribution is 7.99. The number of hydrogen-bond donors (Lipinski definition) is 1. The first-order valence-electron chi connectivity index (χ1n) is 12.1. The number of benzene rings is 2. The molecule has 0 atom stereocenters. The summed E-state index contributed by atoms with van der Waals surface area (Å²) in [4.78, 5) is 15.3. The zero-order chi connectivity index (χ0) is 26.1. The van der Waals surface area contributed by atoms with Crippen molar-refractivity contribution in [2.45, 2.75) is 43.4 Å². The second-order valence-corrected chi connectivity index (χ2v) is 10.5. The summed E-state index contributed by atoms with van der Waals surface area (Å²) in [6, 6.07) is 21.4. The Balaban J connectivity index is 1.40. The number of rotatable bonds is 7. The third-order valence-corrected chi connectivity index (χ3v) is 6.88. The predicted octanol–water partition coefficient (Wildman–Crippen LogP) is 6.78. The number of aromatic nitrogens is 5. The molecule has 7 nitrogen and oxygen atoms in total. The van der Waals surface area contributed by atoms with Gasteiger partial charge in [0.05, 0.1) is 11.4 Å². The molecule has 0 saturated carbocycles. The monoisotopic (exact) mass is 508 g/mol. The molecule has 0 bridgehead atoms. The molecule has 1 amide bonds. The molecule has 0 aliphatic carbocycles. The molecule has 5 rings (SSSR count). The van der Waals surface area contributed by atoms with Crippen LogP contribution in [0, 0.1) is 6.92 Å². The SMILES string of the molecule is C=C(C)c1cc(NC(=O)c2cccc(Sc3ccc4nnc(C(C)C)n4c3)c2)n(-c2ccc(C)cc2)n1. The second kappa shape index (κ2) is 10.1. The Morgan fingerprint density at radius 2 is 1.78 bits per heavy atom. The average molecular weight is 509 g/mol. The maximum Gasteiger partial charge on any atom is 0.256 e. The van der Waals surface area contributed by atoms with Crippen LogP contribution >= 0.6 is 11.8 Å². The van der Waals surface area contributed by atoms with Crippen molar-refractivity contribution < 1.29 is 4.79 Å². The van der Waals surface area contributed by atoms with Gasteiger partial charge in [0, 0.05) is 33.5 Å². The van der Waals surface area contributed by atoms with Crippen LogP contribution in [0.1, 0.15) is 54.1 Å². The lowest BCUT2D eigenvalue weighted by Crippen LogP contribution is -2.15. The summed E-state index contributed by atoms with van der Waals surface area (Å²) in [5.74, 6) is 1.57. The Morgan fingerprint density at radius 1 is 1.00 bits per heavy atom. The van der Waals surface area contributed by atoms with Gasteiger partial charge in [0.2, 0.25) is 0 Å². The Bertz CT molecular complexity index is 1610. The molecule has 3 heterocycles. The molecule has 0 fully saturated rings. The minimum Gasteiger partial charge on any atom is -0.306 e. The van der Waals surface area contributed by atoms with Crippen LogP contribution in [0.15, 0.2) is 89.3 Å². The quantitative estimate of drug-likeness (QED) is 0.262. The highest BCUT2D eigenvalue weighted by atomic mass is 32.2. The van der Waals surface area contributed by atoms with E-state index in [1.807, 2.05) is 91.2 Å². The van der Waals surface area contributed by atoms with Gasteiger partial charge in [-0.3, -0.25) is 9.20 Å². The van der Waals surface area contributed by atoms with Gasteiger partial charge in [-0.15, -0.1) is 10.2 Å². The average Bonchev–Trinajstić information content (AvgIpc) is 3.49. The lowest BCUT2D eigenvalue weighted by atomic mass is 10.2. The van der Waals surface area contributed by atoms with Gasteiger partial charge in [-0.1, -0.05) is 56.0 Å². The molecule has 2 aromatic carbocycles. The number of aryl methyl sites for hydroxylation is 1. The van der Waals surface area contributed by atoms with Crippen LogP contribution in [0.5, 0.6) is 0 Å². The first-order chi connectivity index (χ1) is 17.8. The summed E-state index contributed by atoms with van der Waals surface area (Å²) in [7, 11) is 0. The van der Waals surface area contributed by atoms with E-state index < -0.39 is 0 Å². The Morgan fingerprint density at radius 3 is 2.51 bits per heavy atom.